The number of benzene rings is 1. The molecule has 0 saturated heterocycles. The van der Waals surface area contributed by atoms with Crippen LogP contribution in [0.3, 0.4) is 0 Å². The lowest BCUT2D eigenvalue weighted by Crippen LogP contribution is -2.18. The number of rotatable bonds is 2. The maximum atomic E-state index is 12.6. The lowest BCUT2D eigenvalue weighted by atomic mass is 9.88. The second kappa shape index (κ2) is 5.31. The zero-order chi connectivity index (χ0) is 13.6. The third-order valence-corrected chi connectivity index (χ3v) is 6.21. The first-order valence-electron chi connectivity index (χ1n) is 6.72. The van der Waals surface area contributed by atoms with Crippen molar-refractivity contribution in [3.8, 4) is 0 Å². The Labute approximate surface area is 128 Å². The topological polar surface area (TPSA) is 17.1 Å². The molecule has 2 aliphatic rings. The predicted octanol–water partition coefficient (Wildman–Crippen LogP) is 5.26. The van der Waals surface area contributed by atoms with Crippen LogP contribution in [0.5, 0.6) is 0 Å². The fraction of sp³-hybridized carbons (Fsp3) is 0.533. The van der Waals surface area contributed by atoms with Gasteiger partial charge in [0.15, 0.2) is 5.78 Å². The Morgan fingerprint density at radius 3 is 2.53 bits per heavy atom. The van der Waals surface area contributed by atoms with Crippen LogP contribution in [0.25, 0.3) is 0 Å². The van der Waals surface area contributed by atoms with Crippen LogP contribution in [-0.4, -0.2) is 12.0 Å². The monoisotopic (exact) mass is 314 g/mol. The van der Waals surface area contributed by atoms with Crippen LogP contribution >= 0.6 is 35.0 Å². The molecule has 1 unspecified atom stereocenters. The number of carbonyl (C=O) groups excluding carboxylic acids is 1. The van der Waals surface area contributed by atoms with Crippen molar-refractivity contribution >= 4 is 40.7 Å². The smallest absolute Gasteiger partial charge is 0.168 e. The molecule has 19 heavy (non-hydrogen) atoms. The number of thioether (sulfide) groups is 1. The largest absolute Gasteiger partial charge is 0.294 e. The van der Waals surface area contributed by atoms with Crippen LogP contribution in [-0.2, 0) is 6.42 Å². The Bertz CT molecular complexity index is 535. The summed E-state index contributed by atoms with van der Waals surface area (Å²) >= 11 is 14.2. The first-order valence-corrected chi connectivity index (χ1v) is 8.70. The van der Waals surface area contributed by atoms with Gasteiger partial charge in [-0.1, -0.05) is 36.0 Å². The van der Waals surface area contributed by atoms with Crippen molar-refractivity contribution in [1.29, 1.82) is 0 Å². The molecular weight excluding hydrogens is 299 g/mol. The van der Waals surface area contributed by atoms with E-state index in [2.05, 4.69) is 6.07 Å². The first kappa shape index (κ1) is 13.8. The van der Waals surface area contributed by atoms with Crippen LogP contribution in [0.15, 0.2) is 11.0 Å². The highest BCUT2D eigenvalue weighted by molar-refractivity contribution is 7.98. The molecule has 1 atom stereocenters. The van der Waals surface area contributed by atoms with E-state index >= 15 is 0 Å². The molecule has 4 heteroatoms. The molecule has 3 rings (SSSR count). The molecule has 0 spiro atoms. The Balaban J connectivity index is 2.00. The van der Waals surface area contributed by atoms with E-state index in [9.17, 15) is 4.79 Å². The van der Waals surface area contributed by atoms with Gasteiger partial charge >= 0.3 is 0 Å². The number of halogens is 2. The minimum Gasteiger partial charge on any atom is -0.294 e. The van der Waals surface area contributed by atoms with E-state index in [0.717, 1.165) is 16.9 Å². The summed E-state index contributed by atoms with van der Waals surface area (Å²) < 4.78 is 0. The van der Waals surface area contributed by atoms with E-state index in [1.54, 1.807) is 11.8 Å². The second-order valence-electron chi connectivity index (χ2n) is 5.46. The molecule has 1 aromatic carbocycles. The highest BCUT2D eigenvalue weighted by atomic mass is 35.5. The Morgan fingerprint density at radius 1 is 1.21 bits per heavy atom. The van der Waals surface area contributed by atoms with Gasteiger partial charge in [0.25, 0.3) is 0 Å². The highest BCUT2D eigenvalue weighted by Crippen LogP contribution is 2.45. The van der Waals surface area contributed by atoms with Crippen molar-refractivity contribution in [1.82, 2.24) is 0 Å². The molecule has 1 fully saturated rings. The number of Topliss-reactive ketones (excluding diaryl/α,β-unsaturated/α-hetero) is 1. The first-order chi connectivity index (χ1) is 9.13. The van der Waals surface area contributed by atoms with Gasteiger partial charge in [-0.25, -0.2) is 0 Å². The van der Waals surface area contributed by atoms with Crippen LogP contribution < -0.4 is 0 Å². The van der Waals surface area contributed by atoms with Gasteiger partial charge in [0.05, 0.1) is 10.0 Å². The average molecular weight is 315 g/mol. The summed E-state index contributed by atoms with van der Waals surface area (Å²) in [4.78, 5) is 13.6. The molecule has 1 nitrogen and oxygen atoms in total. The van der Waals surface area contributed by atoms with Crippen LogP contribution in [0.2, 0.25) is 10.0 Å². The second-order valence-corrected chi connectivity index (χ2v) is 7.06. The van der Waals surface area contributed by atoms with E-state index in [1.165, 1.54) is 25.7 Å². The molecule has 102 valence electrons. The van der Waals surface area contributed by atoms with E-state index in [-0.39, 0.29) is 11.7 Å². The number of fused-ring (bicyclic) bond motifs is 1. The van der Waals surface area contributed by atoms with Crippen molar-refractivity contribution in [2.75, 3.05) is 6.26 Å². The molecule has 1 saturated carbocycles. The molecule has 0 amide bonds. The molecule has 0 aromatic heterocycles. The summed E-state index contributed by atoms with van der Waals surface area (Å²) in [5, 5.41) is 1.00. The lowest BCUT2D eigenvalue weighted by molar-refractivity contribution is 0.0894. The minimum atomic E-state index is 0.142. The van der Waals surface area contributed by atoms with Crippen LogP contribution in [0.1, 0.15) is 41.6 Å². The van der Waals surface area contributed by atoms with Gasteiger partial charge in [-0.3, -0.25) is 4.79 Å². The van der Waals surface area contributed by atoms with E-state index in [0.29, 0.717) is 21.5 Å². The number of carbonyl (C=O) groups is 1. The van der Waals surface area contributed by atoms with Gasteiger partial charge in [0.1, 0.15) is 0 Å². The number of hydrogen-bond acceptors (Lipinski definition) is 2. The van der Waals surface area contributed by atoms with Gasteiger partial charge in [-0.15, -0.1) is 11.8 Å². The maximum Gasteiger partial charge on any atom is 0.168 e. The van der Waals surface area contributed by atoms with Crippen LogP contribution in [0, 0.1) is 11.8 Å². The summed E-state index contributed by atoms with van der Waals surface area (Å²) in [5.41, 5.74) is 1.79. The van der Waals surface area contributed by atoms with Gasteiger partial charge in [-0.05, 0) is 43.1 Å². The summed E-state index contributed by atoms with van der Waals surface area (Å²) in [7, 11) is 0. The maximum absolute atomic E-state index is 12.6. The molecule has 0 aliphatic heterocycles. The van der Waals surface area contributed by atoms with Gasteiger partial charge in [0, 0.05) is 16.4 Å². The molecular formula is C15H16Cl2OS. The fourth-order valence-electron chi connectivity index (χ4n) is 3.48. The summed E-state index contributed by atoms with van der Waals surface area (Å²) in [5.74, 6) is 0.914. The Morgan fingerprint density at radius 2 is 1.89 bits per heavy atom. The van der Waals surface area contributed by atoms with Crippen molar-refractivity contribution in [3.05, 3.63) is 27.2 Å². The molecule has 0 N–H and O–H groups in total. The van der Waals surface area contributed by atoms with E-state index in [4.69, 9.17) is 23.2 Å². The van der Waals surface area contributed by atoms with Crippen molar-refractivity contribution in [2.45, 2.75) is 37.0 Å². The fourth-order valence-corrected chi connectivity index (χ4v) is 4.78. The zero-order valence-corrected chi connectivity index (χ0v) is 13.2. The SMILES string of the molecule is CSc1cc2c(c(Cl)c1Cl)C(=O)C(C1CCCC1)C2. The molecule has 1 aromatic rings. The lowest BCUT2D eigenvalue weighted by Gasteiger charge is -2.15. The van der Waals surface area contributed by atoms with E-state index in [1.807, 2.05) is 6.26 Å². The standard InChI is InChI=1S/C15H16Cl2OS/c1-19-11-7-9-6-10(8-4-2-3-5-8)15(18)12(9)14(17)13(11)16/h7-8,10H,2-6H2,1H3. The molecule has 0 radical (unpaired) electrons. The summed E-state index contributed by atoms with van der Waals surface area (Å²) in [6, 6.07) is 2.06. The molecule has 2 aliphatic carbocycles. The van der Waals surface area contributed by atoms with Gasteiger partial charge in [0.2, 0.25) is 0 Å². The van der Waals surface area contributed by atoms with Gasteiger partial charge in [-0.2, -0.15) is 0 Å². The van der Waals surface area contributed by atoms with Gasteiger partial charge < -0.3 is 0 Å². The number of ketones is 1. The third kappa shape index (κ3) is 2.22. The average Bonchev–Trinajstić information content (AvgIpc) is 3.01. The predicted molar refractivity (Wildman–Crippen MR) is 81.7 cm³/mol. The van der Waals surface area contributed by atoms with Crippen molar-refractivity contribution in [2.24, 2.45) is 11.8 Å². The normalized spacial score (nSPS) is 23.1. The van der Waals surface area contributed by atoms with E-state index < -0.39 is 0 Å². The quantitative estimate of drug-likeness (QED) is 0.692. The molecule has 0 bridgehead atoms. The summed E-state index contributed by atoms with van der Waals surface area (Å²) in [6.45, 7) is 0. The Kier molecular flexibility index (Phi) is 3.85. The van der Waals surface area contributed by atoms with Crippen LogP contribution in [0.4, 0.5) is 0 Å². The summed E-state index contributed by atoms with van der Waals surface area (Å²) in [6.07, 6.45) is 7.72. The third-order valence-electron chi connectivity index (χ3n) is 4.47. The number of hydrogen-bond donors (Lipinski definition) is 0. The zero-order valence-electron chi connectivity index (χ0n) is 10.8. The highest BCUT2D eigenvalue weighted by Gasteiger charge is 2.39. The minimum absolute atomic E-state index is 0.142. The Hall–Kier alpha value is -0.180. The molecule has 0 heterocycles. The van der Waals surface area contributed by atoms with Crippen molar-refractivity contribution < 1.29 is 4.79 Å². The van der Waals surface area contributed by atoms with Crippen molar-refractivity contribution in [3.63, 3.8) is 0 Å².